The van der Waals surface area contributed by atoms with Crippen molar-refractivity contribution in [2.75, 3.05) is 7.05 Å². The third kappa shape index (κ3) is 2.79. The highest BCUT2D eigenvalue weighted by atomic mass is 16.5. The Morgan fingerprint density at radius 2 is 2.12 bits per heavy atom. The summed E-state index contributed by atoms with van der Waals surface area (Å²) in [6, 6.07) is 3.79. The topological polar surface area (TPSA) is 77.1 Å². The number of aromatic nitrogens is 4. The maximum Gasteiger partial charge on any atom is 0.254 e. The first-order valence-corrected chi connectivity index (χ1v) is 8.46. The van der Waals surface area contributed by atoms with E-state index in [1.165, 1.54) is 0 Å². The summed E-state index contributed by atoms with van der Waals surface area (Å²) in [6.07, 6.45) is 2.27. The van der Waals surface area contributed by atoms with Gasteiger partial charge in [-0.05, 0) is 32.8 Å². The van der Waals surface area contributed by atoms with Crippen LogP contribution in [0.25, 0.3) is 11.0 Å². The van der Waals surface area contributed by atoms with Crippen LogP contribution in [-0.2, 0) is 13.6 Å². The Balaban J connectivity index is 1.74. The van der Waals surface area contributed by atoms with Gasteiger partial charge in [0.05, 0.1) is 23.2 Å². The van der Waals surface area contributed by atoms with Crippen LogP contribution in [-0.4, -0.2) is 37.8 Å². The molecule has 0 unspecified atom stereocenters. The predicted molar refractivity (Wildman–Crippen MR) is 92.3 cm³/mol. The molecule has 3 heterocycles. The van der Waals surface area contributed by atoms with Gasteiger partial charge in [-0.1, -0.05) is 5.16 Å². The summed E-state index contributed by atoms with van der Waals surface area (Å²) in [5.41, 5.74) is 3.99. The van der Waals surface area contributed by atoms with E-state index in [0.717, 1.165) is 46.7 Å². The Kier molecular flexibility index (Phi) is 3.59. The lowest BCUT2D eigenvalue weighted by molar-refractivity contribution is 0.0784. The highest BCUT2D eigenvalue weighted by molar-refractivity contribution is 6.06. The van der Waals surface area contributed by atoms with Crippen LogP contribution in [0, 0.1) is 13.8 Å². The monoisotopic (exact) mass is 339 g/mol. The molecular formula is C18H21N5O2. The van der Waals surface area contributed by atoms with Gasteiger partial charge in [-0.15, -0.1) is 0 Å². The van der Waals surface area contributed by atoms with E-state index in [0.29, 0.717) is 18.0 Å². The van der Waals surface area contributed by atoms with Crippen LogP contribution in [0.3, 0.4) is 0 Å². The first-order valence-electron chi connectivity index (χ1n) is 8.46. The van der Waals surface area contributed by atoms with Crippen LogP contribution >= 0.6 is 0 Å². The van der Waals surface area contributed by atoms with Crippen molar-refractivity contribution in [2.45, 2.75) is 39.2 Å². The quantitative estimate of drug-likeness (QED) is 0.730. The van der Waals surface area contributed by atoms with Crippen LogP contribution < -0.4 is 0 Å². The molecule has 1 aliphatic rings. The minimum atomic E-state index is -0.0500. The van der Waals surface area contributed by atoms with Crippen molar-refractivity contribution in [1.82, 2.24) is 24.8 Å². The second-order valence-corrected chi connectivity index (χ2v) is 6.87. The molecule has 1 amide bonds. The zero-order valence-corrected chi connectivity index (χ0v) is 14.9. The fourth-order valence-electron chi connectivity index (χ4n) is 3.23. The summed E-state index contributed by atoms with van der Waals surface area (Å²) in [5, 5.41) is 9.26. The number of rotatable bonds is 4. The lowest BCUT2D eigenvalue weighted by Crippen LogP contribution is -2.27. The van der Waals surface area contributed by atoms with Gasteiger partial charge in [0, 0.05) is 31.8 Å². The number of hydrogen-bond donors (Lipinski definition) is 0. The molecule has 3 aromatic heterocycles. The van der Waals surface area contributed by atoms with Gasteiger partial charge in [0.2, 0.25) is 0 Å². The first-order chi connectivity index (χ1) is 11.9. The number of nitrogens with zero attached hydrogens (tertiary/aromatic N) is 5. The Morgan fingerprint density at radius 3 is 2.76 bits per heavy atom. The smallest absolute Gasteiger partial charge is 0.254 e. The molecule has 1 aliphatic carbocycles. The Morgan fingerprint density at radius 1 is 1.36 bits per heavy atom. The summed E-state index contributed by atoms with van der Waals surface area (Å²) in [7, 11) is 3.65. The number of carbonyl (C=O) groups is 1. The number of fused-ring (bicyclic) bond motifs is 1. The molecule has 0 radical (unpaired) electrons. The molecule has 3 aromatic rings. The number of amides is 1. The van der Waals surface area contributed by atoms with E-state index in [2.05, 4.69) is 10.3 Å². The normalized spacial score (nSPS) is 14.2. The second kappa shape index (κ2) is 5.68. The molecule has 0 spiro atoms. The van der Waals surface area contributed by atoms with Crippen LogP contribution in [0.5, 0.6) is 0 Å². The minimum absolute atomic E-state index is 0.0500. The van der Waals surface area contributed by atoms with Crippen molar-refractivity contribution < 1.29 is 9.32 Å². The van der Waals surface area contributed by atoms with E-state index < -0.39 is 0 Å². The van der Waals surface area contributed by atoms with Crippen molar-refractivity contribution in [1.29, 1.82) is 0 Å². The molecule has 0 aliphatic heterocycles. The SMILES string of the molecule is Cc1cc(CN(C)C(=O)c2cc(C3CC3)nc3c2c(C)nn3C)no1. The van der Waals surface area contributed by atoms with Crippen molar-refractivity contribution in [2.24, 2.45) is 7.05 Å². The summed E-state index contributed by atoms with van der Waals surface area (Å²) >= 11 is 0. The predicted octanol–water partition coefficient (Wildman–Crippen LogP) is 2.72. The molecule has 1 fully saturated rings. The zero-order chi connectivity index (χ0) is 17.7. The van der Waals surface area contributed by atoms with Gasteiger partial charge < -0.3 is 9.42 Å². The van der Waals surface area contributed by atoms with E-state index in [1.54, 1.807) is 16.6 Å². The Bertz CT molecular complexity index is 967. The number of pyridine rings is 1. The lowest BCUT2D eigenvalue weighted by atomic mass is 10.1. The van der Waals surface area contributed by atoms with Gasteiger partial charge in [0.1, 0.15) is 11.5 Å². The molecule has 0 N–H and O–H groups in total. The molecule has 0 saturated heterocycles. The van der Waals surface area contributed by atoms with Gasteiger partial charge in [-0.25, -0.2) is 4.98 Å². The molecule has 25 heavy (non-hydrogen) atoms. The Hall–Kier alpha value is -2.70. The van der Waals surface area contributed by atoms with Gasteiger partial charge in [-0.3, -0.25) is 9.48 Å². The van der Waals surface area contributed by atoms with Crippen LogP contribution in [0.15, 0.2) is 16.7 Å². The van der Waals surface area contributed by atoms with Crippen molar-refractivity contribution in [3.63, 3.8) is 0 Å². The average molecular weight is 339 g/mol. The molecule has 4 rings (SSSR count). The molecule has 0 aromatic carbocycles. The number of aryl methyl sites for hydroxylation is 3. The maximum atomic E-state index is 13.1. The van der Waals surface area contributed by atoms with Crippen LogP contribution in [0.4, 0.5) is 0 Å². The number of carbonyl (C=O) groups excluding carboxylic acids is 1. The summed E-state index contributed by atoms with van der Waals surface area (Å²) in [6.45, 7) is 4.16. The van der Waals surface area contributed by atoms with Crippen LogP contribution in [0.1, 0.15) is 52.0 Å². The molecular weight excluding hydrogens is 318 g/mol. The fraction of sp³-hybridized carbons (Fsp3) is 0.444. The average Bonchev–Trinajstić information content (AvgIpc) is 3.29. The summed E-state index contributed by atoms with van der Waals surface area (Å²) in [5.74, 6) is 1.15. The van der Waals surface area contributed by atoms with Gasteiger partial charge in [0.15, 0.2) is 5.65 Å². The Labute approximate surface area is 145 Å². The highest BCUT2D eigenvalue weighted by Gasteiger charge is 2.29. The minimum Gasteiger partial charge on any atom is -0.361 e. The second-order valence-electron chi connectivity index (χ2n) is 6.87. The summed E-state index contributed by atoms with van der Waals surface area (Å²) in [4.78, 5) is 19.5. The van der Waals surface area contributed by atoms with Gasteiger partial charge in [0.25, 0.3) is 5.91 Å². The van der Waals surface area contributed by atoms with Crippen molar-refractivity contribution >= 4 is 16.9 Å². The largest absolute Gasteiger partial charge is 0.361 e. The molecule has 0 atom stereocenters. The molecule has 7 nitrogen and oxygen atoms in total. The maximum absolute atomic E-state index is 13.1. The van der Waals surface area contributed by atoms with E-state index in [1.807, 2.05) is 33.0 Å². The molecule has 7 heteroatoms. The van der Waals surface area contributed by atoms with Crippen molar-refractivity contribution in [3.8, 4) is 0 Å². The summed E-state index contributed by atoms with van der Waals surface area (Å²) < 4.78 is 6.85. The molecule has 130 valence electrons. The van der Waals surface area contributed by atoms with Gasteiger partial charge >= 0.3 is 0 Å². The van der Waals surface area contributed by atoms with Crippen LogP contribution in [0.2, 0.25) is 0 Å². The molecule has 0 bridgehead atoms. The third-order valence-electron chi connectivity index (χ3n) is 4.64. The zero-order valence-electron chi connectivity index (χ0n) is 14.9. The fourth-order valence-corrected chi connectivity index (χ4v) is 3.23. The highest BCUT2D eigenvalue weighted by Crippen LogP contribution is 2.40. The standard InChI is InChI=1S/C18H21N5O2/c1-10-7-13(21-25-10)9-22(3)18(24)14-8-15(12-5-6-12)19-17-16(14)11(2)20-23(17)4/h7-8,12H,5-6,9H2,1-4H3. The van der Waals surface area contributed by atoms with E-state index in [9.17, 15) is 4.79 Å². The molecule has 1 saturated carbocycles. The van der Waals surface area contributed by atoms with E-state index in [4.69, 9.17) is 9.51 Å². The lowest BCUT2D eigenvalue weighted by Gasteiger charge is -2.17. The van der Waals surface area contributed by atoms with Crippen molar-refractivity contribution in [3.05, 3.63) is 40.5 Å². The number of hydrogen-bond acceptors (Lipinski definition) is 5. The van der Waals surface area contributed by atoms with Gasteiger partial charge in [-0.2, -0.15) is 5.10 Å². The van der Waals surface area contributed by atoms with E-state index in [-0.39, 0.29) is 5.91 Å². The van der Waals surface area contributed by atoms with E-state index >= 15 is 0 Å². The third-order valence-corrected chi connectivity index (χ3v) is 4.64. The first kappa shape index (κ1) is 15.8.